The van der Waals surface area contributed by atoms with Gasteiger partial charge in [-0.25, -0.2) is 4.98 Å². The maximum Gasteiger partial charge on any atom is 0.309 e. The predicted molar refractivity (Wildman–Crippen MR) is 195 cm³/mol. The van der Waals surface area contributed by atoms with Gasteiger partial charge in [0.2, 0.25) is 5.91 Å². The van der Waals surface area contributed by atoms with Gasteiger partial charge in [-0.05, 0) is 35.7 Å². The first-order valence-corrected chi connectivity index (χ1v) is 18.1. The molecule has 49 heavy (non-hydrogen) atoms. The first-order chi connectivity index (χ1) is 23.0. The highest BCUT2D eigenvalue weighted by Gasteiger charge is 2.34. The summed E-state index contributed by atoms with van der Waals surface area (Å²) in [6.07, 6.45) is 2.84. The zero-order valence-corrected chi connectivity index (χ0v) is 31.7. The van der Waals surface area contributed by atoms with E-state index in [1.807, 2.05) is 78.8 Å². The molecule has 1 aromatic heterocycles. The van der Waals surface area contributed by atoms with Gasteiger partial charge in [0.25, 0.3) is 5.91 Å². The molecule has 272 valence electrons. The van der Waals surface area contributed by atoms with E-state index >= 15 is 0 Å². The van der Waals surface area contributed by atoms with Gasteiger partial charge < -0.3 is 25.4 Å². The normalized spacial score (nSPS) is 15.3. The Morgan fingerprint density at radius 3 is 2.31 bits per heavy atom. The highest BCUT2D eigenvalue weighted by molar-refractivity contribution is 7.09. The van der Waals surface area contributed by atoms with Crippen LogP contribution in [0.1, 0.15) is 108 Å². The fourth-order valence-electron chi connectivity index (χ4n) is 5.52. The van der Waals surface area contributed by atoms with Gasteiger partial charge >= 0.3 is 11.9 Å². The molecule has 0 saturated carbocycles. The summed E-state index contributed by atoms with van der Waals surface area (Å²) in [7, 11) is 1.74. The van der Waals surface area contributed by atoms with E-state index < -0.39 is 24.0 Å². The fourth-order valence-corrected chi connectivity index (χ4v) is 6.36. The van der Waals surface area contributed by atoms with Crippen LogP contribution in [0.2, 0.25) is 0 Å². The molecule has 0 aliphatic heterocycles. The summed E-state index contributed by atoms with van der Waals surface area (Å²) in [6.45, 7) is 19.3. The summed E-state index contributed by atoms with van der Waals surface area (Å²) in [5.74, 6) is -1.75. The largest absolute Gasteiger partial charge is 0.461 e. The lowest BCUT2D eigenvalue weighted by Gasteiger charge is -2.36. The van der Waals surface area contributed by atoms with Gasteiger partial charge in [-0.2, -0.15) is 0 Å². The molecule has 0 bridgehead atoms. The first-order valence-electron chi connectivity index (χ1n) is 17.3. The number of likely N-dealkylation sites (N-methyl/N-ethyl adjacent to an activating group) is 1. The van der Waals surface area contributed by atoms with Gasteiger partial charge in [0, 0.05) is 30.9 Å². The van der Waals surface area contributed by atoms with Crippen LogP contribution in [0.25, 0.3) is 0 Å². The molecule has 0 radical (unpaired) electrons. The van der Waals surface area contributed by atoms with E-state index in [0.717, 1.165) is 12.0 Å². The van der Waals surface area contributed by atoms with E-state index in [0.29, 0.717) is 24.3 Å². The Morgan fingerprint density at radius 2 is 1.73 bits per heavy atom. The van der Waals surface area contributed by atoms with Crippen LogP contribution in [0.5, 0.6) is 0 Å². The minimum absolute atomic E-state index is 0.00898. The third kappa shape index (κ3) is 13.7. The number of esters is 2. The minimum Gasteiger partial charge on any atom is -0.461 e. The third-order valence-electron chi connectivity index (χ3n) is 8.63. The quantitative estimate of drug-likeness (QED) is 0.125. The number of nitrogens with one attached hydrogen (secondary N) is 1. The van der Waals surface area contributed by atoms with Crippen LogP contribution in [0, 0.1) is 23.2 Å². The van der Waals surface area contributed by atoms with Crippen molar-refractivity contribution >= 4 is 35.1 Å². The van der Waals surface area contributed by atoms with Crippen molar-refractivity contribution in [2.45, 2.75) is 112 Å². The molecule has 0 saturated heterocycles. The first kappa shape index (κ1) is 41.6. The van der Waals surface area contributed by atoms with E-state index in [1.54, 1.807) is 24.3 Å². The third-order valence-corrected chi connectivity index (χ3v) is 9.57. The smallest absolute Gasteiger partial charge is 0.309 e. The Bertz CT molecular complexity index is 1370. The van der Waals surface area contributed by atoms with Crippen LogP contribution in [-0.4, -0.2) is 65.4 Å². The van der Waals surface area contributed by atoms with Crippen molar-refractivity contribution in [1.82, 2.24) is 15.2 Å². The second-order valence-electron chi connectivity index (χ2n) is 14.6. The number of nitrogens with two attached hydrogens (primary N) is 1. The highest BCUT2D eigenvalue weighted by Crippen LogP contribution is 2.32. The Balaban J connectivity index is 2.37. The monoisotopic (exact) mass is 698 g/mol. The van der Waals surface area contributed by atoms with E-state index in [2.05, 4.69) is 16.9 Å². The van der Waals surface area contributed by atoms with E-state index in [1.165, 1.54) is 17.4 Å². The average Bonchev–Trinajstić information content (AvgIpc) is 3.54. The summed E-state index contributed by atoms with van der Waals surface area (Å²) in [5, 5.41) is 5.18. The molecule has 11 heteroatoms. The van der Waals surface area contributed by atoms with Crippen molar-refractivity contribution in [2.24, 2.45) is 28.9 Å². The lowest BCUT2D eigenvalue weighted by atomic mass is 9.92. The van der Waals surface area contributed by atoms with Crippen molar-refractivity contribution in [2.75, 3.05) is 13.7 Å². The van der Waals surface area contributed by atoms with Crippen LogP contribution in [-0.2, 0) is 30.3 Å². The average molecular weight is 699 g/mol. The van der Waals surface area contributed by atoms with Gasteiger partial charge in [0.15, 0.2) is 6.10 Å². The topological polar surface area (TPSA) is 141 Å². The molecule has 0 fully saturated rings. The molecule has 10 nitrogen and oxygen atoms in total. The molecule has 6 unspecified atom stereocenters. The summed E-state index contributed by atoms with van der Waals surface area (Å²) in [4.78, 5) is 59.1. The van der Waals surface area contributed by atoms with Crippen molar-refractivity contribution in [3.63, 3.8) is 0 Å². The lowest BCUT2D eigenvalue weighted by Crippen LogP contribution is -2.51. The Morgan fingerprint density at radius 1 is 1.08 bits per heavy atom. The SMILES string of the molecule is C=CCOC(=O)C(C)CC(Cc1ccccc1)NC(=O)c1csc(C(CC(C(C)C)N(C)C(=O)C(N)C(C)CC)OC(=O)CC(C)(C)C)n1. The van der Waals surface area contributed by atoms with Crippen molar-refractivity contribution in [3.8, 4) is 0 Å². The number of rotatable bonds is 19. The van der Waals surface area contributed by atoms with E-state index in [-0.39, 0.29) is 65.9 Å². The van der Waals surface area contributed by atoms with Gasteiger partial charge in [0.1, 0.15) is 17.3 Å². The number of benzene rings is 1. The number of amides is 2. The molecule has 1 heterocycles. The van der Waals surface area contributed by atoms with Gasteiger partial charge in [-0.1, -0.05) is 105 Å². The van der Waals surface area contributed by atoms with E-state index in [4.69, 9.17) is 15.2 Å². The van der Waals surface area contributed by atoms with Gasteiger partial charge in [-0.15, -0.1) is 11.3 Å². The molecule has 2 amide bonds. The molecular weight excluding hydrogens is 641 g/mol. The van der Waals surface area contributed by atoms with Gasteiger partial charge in [-0.3, -0.25) is 19.2 Å². The number of carbonyl (C=O) groups is 4. The van der Waals surface area contributed by atoms with Crippen LogP contribution in [0.3, 0.4) is 0 Å². The highest BCUT2D eigenvalue weighted by atomic mass is 32.1. The van der Waals surface area contributed by atoms with Crippen molar-refractivity contribution < 1.29 is 28.7 Å². The van der Waals surface area contributed by atoms with Crippen LogP contribution < -0.4 is 11.1 Å². The molecule has 0 aliphatic carbocycles. The molecule has 2 rings (SSSR count). The summed E-state index contributed by atoms with van der Waals surface area (Å²) < 4.78 is 11.3. The Labute approximate surface area is 297 Å². The lowest BCUT2D eigenvalue weighted by molar-refractivity contribution is -0.153. The molecule has 1 aromatic carbocycles. The molecule has 0 aliphatic rings. The van der Waals surface area contributed by atoms with E-state index in [9.17, 15) is 19.2 Å². The summed E-state index contributed by atoms with van der Waals surface area (Å²) in [5.41, 5.74) is 7.23. The van der Waals surface area contributed by atoms with Crippen LogP contribution in [0.4, 0.5) is 0 Å². The maximum atomic E-state index is 13.6. The molecule has 3 N–H and O–H groups in total. The molecule has 0 spiro atoms. The number of aromatic nitrogens is 1. The number of thiazole rings is 1. The Hall–Kier alpha value is -3.57. The number of carbonyl (C=O) groups excluding carboxylic acids is 4. The number of ether oxygens (including phenoxy) is 2. The van der Waals surface area contributed by atoms with Gasteiger partial charge in [0.05, 0.1) is 18.4 Å². The van der Waals surface area contributed by atoms with Crippen molar-refractivity contribution in [1.29, 1.82) is 0 Å². The summed E-state index contributed by atoms with van der Waals surface area (Å²) >= 11 is 1.23. The number of nitrogens with zero attached hydrogens (tertiary/aromatic N) is 2. The standard InChI is InChI=1S/C38H58N4O6S/c1-11-18-47-37(46)26(6)19-28(20-27-16-14-13-15-17-27)40-34(44)29-23-49-35(41-29)31(48-32(43)22-38(7,8)9)21-30(24(3)4)42(10)36(45)33(39)25(5)12-2/h11,13-17,23-26,28,30-31,33H,1,12,18-22,39H2,2-10H3,(H,40,44). The Kier molecular flexibility index (Phi) is 16.6. The fraction of sp³-hybridized carbons (Fsp3) is 0.605. The van der Waals surface area contributed by atoms with Crippen LogP contribution in [0.15, 0.2) is 48.4 Å². The zero-order chi connectivity index (χ0) is 36.9. The summed E-state index contributed by atoms with van der Waals surface area (Å²) in [6, 6.07) is 8.38. The minimum atomic E-state index is -0.788. The second kappa shape index (κ2) is 19.6. The maximum absolute atomic E-state index is 13.6. The predicted octanol–water partition coefficient (Wildman–Crippen LogP) is 6.51. The number of hydrogen-bond acceptors (Lipinski definition) is 9. The second-order valence-corrected chi connectivity index (χ2v) is 15.5. The molecular formula is C38H58N4O6S. The molecule has 2 aromatic rings. The van der Waals surface area contributed by atoms with Crippen LogP contribution >= 0.6 is 11.3 Å². The molecule has 6 atom stereocenters. The van der Waals surface area contributed by atoms with Crippen molar-refractivity contribution in [3.05, 3.63) is 64.6 Å². The number of hydrogen-bond donors (Lipinski definition) is 2. The zero-order valence-electron chi connectivity index (χ0n) is 30.9.